The smallest absolute Gasteiger partial charge is 0.239 e. The van der Waals surface area contributed by atoms with E-state index < -0.39 is 0 Å². The molecule has 0 unspecified atom stereocenters. The van der Waals surface area contributed by atoms with E-state index in [2.05, 4.69) is 32.3 Å². The fourth-order valence-electron chi connectivity index (χ4n) is 3.21. The van der Waals surface area contributed by atoms with E-state index in [-0.39, 0.29) is 5.91 Å². The van der Waals surface area contributed by atoms with Gasteiger partial charge in [0.1, 0.15) is 18.5 Å². The van der Waals surface area contributed by atoms with Gasteiger partial charge in [-0.2, -0.15) is 10.2 Å². The molecule has 24 heavy (non-hydrogen) atoms. The molecule has 130 valence electrons. The lowest BCUT2D eigenvalue weighted by molar-refractivity contribution is -0.118. The highest BCUT2D eigenvalue weighted by Crippen LogP contribution is 2.18. The monoisotopic (exact) mass is 331 g/mol. The maximum atomic E-state index is 12.5. The quantitative estimate of drug-likeness (QED) is 0.829. The molecule has 8 nitrogen and oxygen atoms in total. The number of carbonyl (C=O) groups is 1. The van der Waals surface area contributed by atoms with Crippen LogP contribution in [0, 0.1) is 0 Å². The van der Waals surface area contributed by atoms with Crippen LogP contribution >= 0.6 is 0 Å². The van der Waals surface area contributed by atoms with Crippen LogP contribution in [0.15, 0.2) is 24.9 Å². The molecule has 0 radical (unpaired) electrons. The lowest BCUT2D eigenvalue weighted by Gasteiger charge is -2.34. The Morgan fingerprint density at radius 1 is 1.38 bits per heavy atom. The number of nitrogens with one attached hydrogen (secondary N) is 1. The largest absolute Gasteiger partial charge is 0.310 e. The first-order valence-electron chi connectivity index (χ1n) is 8.64. The molecular formula is C16H25N7O. The van der Waals surface area contributed by atoms with Gasteiger partial charge < -0.3 is 5.32 Å². The molecule has 1 aliphatic heterocycles. The summed E-state index contributed by atoms with van der Waals surface area (Å²) >= 11 is 0. The molecule has 1 amide bonds. The summed E-state index contributed by atoms with van der Waals surface area (Å²) in [6.45, 7) is 5.02. The third kappa shape index (κ3) is 4.19. The Kier molecular flexibility index (Phi) is 5.58. The minimum atomic E-state index is 0.0124. The molecule has 0 saturated carbocycles. The van der Waals surface area contributed by atoms with Crippen molar-refractivity contribution >= 4 is 11.7 Å². The highest BCUT2D eigenvalue weighted by atomic mass is 16.2. The maximum absolute atomic E-state index is 12.5. The second-order valence-corrected chi connectivity index (χ2v) is 6.23. The van der Waals surface area contributed by atoms with Crippen molar-refractivity contribution in [2.24, 2.45) is 0 Å². The summed E-state index contributed by atoms with van der Waals surface area (Å²) in [5.41, 5.74) is 0. The van der Waals surface area contributed by atoms with Crippen molar-refractivity contribution in [3.8, 4) is 0 Å². The number of amides is 1. The number of carbonyl (C=O) groups excluding carboxylic acids is 1. The first-order chi connectivity index (χ1) is 11.8. The van der Waals surface area contributed by atoms with E-state index >= 15 is 0 Å². The highest BCUT2D eigenvalue weighted by molar-refractivity contribution is 5.91. The van der Waals surface area contributed by atoms with Crippen LogP contribution in [0.1, 0.15) is 32.6 Å². The van der Waals surface area contributed by atoms with Gasteiger partial charge >= 0.3 is 0 Å². The van der Waals surface area contributed by atoms with Crippen molar-refractivity contribution in [3.05, 3.63) is 24.9 Å². The van der Waals surface area contributed by atoms with Crippen LogP contribution in [-0.2, 0) is 17.9 Å². The topological polar surface area (TPSA) is 80.9 Å². The zero-order valence-corrected chi connectivity index (χ0v) is 14.1. The van der Waals surface area contributed by atoms with Gasteiger partial charge in [-0.05, 0) is 25.8 Å². The Morgan fingerprint density at radius 3 is 3.08 bits per heavy atom. The van der Waals surface area contributed by atoms with E-state index in [1.54, 1.807) is 18.9 Å². The molecule has 1 N–H and O–H groups in total. The van der Waals surface area contributed by atoms with E-state index in [1.165, 1.54) is 6.42 Å². The summed E-state index contributed by atoms with van der Waals surface area (Å²) in [4.78, 5) is 18.7. The predicted molar refractivity (Wildman–Crippen MR) is 90.4 cm³/mol. The molecule has 2 aromatic rings. The summed E-state index contributed by atoms with van der Waals surface area (Å²) in [7, 11) is 0. The number of likely N-dealkylation sites (tertiary alicyclic amines) is 1. The summed E-state index contributed by atoms with van der Waals surface area (Å²) < 4.78 is 3.68. The van der Waals surface area contributed by atoms with E-state index in [0.717, 1.165) is 44.7 Å². The van der Waals surface area contributed by atoms with Crippen LogP contribution in [0.4, 0.5) is 5.82 Å². The van der Waals surface area contributed by atoms with E-state index in [9.17, 15) is 4.79 Å². The van der Waals surface area contributed by atoms with E-state index in [4.69, 9.17) is 0 Å². The molecule has 8 heteroatoms. The second kappa shape index (κ2) is 8.05. The molecule has 1 fully saturated rings. The number of aromatic nitrogens is 5. The summed E-state index contributed by atoms with van der Waals surface area (Å²) in [5, 5.41) is 11.4. The molecule has 1 saturated heterocycles. The molecule has 1 atom stereocenters. The molecule has 1 aliphatic rings. The normalized spacial score (nSPS) is 18.6. The van der Waals surface area contributed by atoms with Crippen molar-refractivity contribution in [3.63, 3.8) is 0 Å². The van der Waals surface area contributed by atoms with E-state index in [0.29, 0.717) is 12.6 Å². The SMILES string of the molecule is CCCn1nccc1NC(=O)CN1CCCC[C@@H]1Cn1cncn1. The number of hydrogen-bond donors (Lipinski definition) is 1. The van der Waals surface area contributed by atoms with Crippen molar-refractivity contribution in [2.75, 3.05) is 18.4 Å². The Hall–Kier alpha value is -2.22. The van der Waals surface area contributed by atoms with Crippen molar-refractivity contribution < 1.29 is 4.79 Å². The average molecular weight is 331 g/mol. The van der Waals surface area contributed by atoms with Crippen molar-refractivity contribution in [2.45, 2.75) is 51.7 Å². The number of aryl methyl sites for hydroxylation is 1. The van der Waals surface area contributed by atoms with E-state index in [1.807, 2.05) is 15.4 Å². The average Bonchev–Trinajstić information content (AvgIpc) is 3.22. The summed E-state index contributed by atoms with van der Waals surface area (Å²) in [6, 6.07) is 2.17. The Bertz CT molecular complexity index is 637. The van der Waals surface area contributed by atoms with Gasteiger partial charge in [-0.3, -0.25) is 14.4 Å². The maximum Gasteiger partial charge on any atom is 0.239 e. The Morgan fingerprint density at radius 2 is 2.29 bits per heavy atom. The number of anilines is 1. The number of piperidine rings is 1. The van der Waals surface area contributed by atoms with Crippen LogP contribution in [0.2, 0.25) is 0 Å². The van der Waals surface area contributed by atoms with Crippen LogP contribution in [0.5, 0.6) is 0 Å². The predicted octanol–water partition coefficient (Wildman–Crippen LogP) is 1.38. The second-order valence-electron chi connectivity index (χ2n) is 6.23. The van der Waals surface area contributed by atoms with Crippen LogP contribution in [0.25, 0.3) is 0 Å². The van der Waals surface area contributed by atoms with Gasteiger partial charge in [-0.15, -0.1) is 0 Å². The summed E-state index contributed by atoms with van der Waals surface area (Å²) in [6.07, 6.45) is 9.40. The molecule has 3 rings (SSSR count). The standard InChI is InChI=1S/C16H25N7O/c1-2-8-23-15(6-7-18-23)20-16(24)11-21-9-4-3-5-14(21)10-22-13-17-12-19-22/h6-7,12-14H,2-5,8-11H2,1H3,(H,20,24)/t14-/m1/s1. The fraction of sp³-hybridized carbons (Fsp3) is 0.625. The zero-order valence-electron chi connectivity index (χ0n) is 14.1. The molecule has 0 spiro atoms. The van der Waals surface area contributed by atoms with Crippen molar-refractivity contribution in [1.29, 1.82) is 0 Å². The van der Waals surface area contributed by atoms with Crippen molar-refractivity contribution in [1.82, 2.24) is 29.4 Å². The minimum absolute atomic E-state index is 0.0124. The van der Waals surface area contributed by atoms with Crippen LogP contribution in [-0.4, -0.2) is 54.5 Å². The molecule has 3 heterocycles. The van der Waals surface area contributed by atoms with Gasteiger partial charge in [0.15, 0.2) is 0 Å². The lowest BCUT2D eigenvalue weighted by atomic mass is 10.0. The molecule has 2 aromatic heterocycles. The molecule has 0 aliphatic carbocycles. The van der Waals surface area contributed by atoms with Crippen LogP contribution < -0.4 is 5.32 Å². The lowest BCUT2D eigenvalue weighted by Crippen LogP contribution is -2.46. The Labute approximate surface area is 141 Å². The van der Waals surface area contributed by atoms with Gasteiger partial charge in [0.25, 0.3) is 0 Å². The molecular weight excluding hydrogens is 306 g/mol. The highest BCUT2D eigenvalue weighted by Gasteiger charge is 2.25. The first kappa shape index (κ1) is 16.6. The number of rotatable bonds is 7. The Balaban J connectivity index is 1.58. The first-order valence-corrected chi connectivity index (χ1v) is 8.64. The third-order valence-electron chi connectivity index (χ3n) is 4.38. The number of nitrogens with zero attached hydrogens (tertiary/aromatic N) is 6. The fourth-order valence-corrected chi connectivity index (χ4v) is 3.21. The minimum Gasteiger partial charge on any atom is -0.310 e. The van der Waals surface area contributed by atoms with Crippen LogP contribution in [0.3, 0.4) is 0 Å². The zero-order chi connectivity index (χ0) is 16.8. The van der Waals surface area contributed by atoms with Gasteiger partial charge in [0.2, 0.25) is 5.91 Å². The molecule has 0 bridgehead atoms. The van der Waals surface area contributed by atoms with Gasteiger partial charge in [-0.25, -0.2) is 9.67 Å². The van der Waals surface area contributed by atoms with Gasteiger partial charge in [-0.1, -0.05) is 13.3 Å². The third-order valence-corrected chi connectivity index (χ3v) is 4.38. The number of hydrogen-bond acceptors (Lipinski definition) is 5. The summed E-state index contributed by atoms with van der Waals surface area (Å²) in [5.74, 6) is 0.782. The van der Waals surface area contributed by atoms with Gasteiger partial charge in [0, 0.05) is 18.7 Å². The molecule has 0 aromatic carbocycles. The van der Waals surface area contributed by atoms with Gasteiger partial charge in [0.05, 0.1) is 19.3 Å².